The molecule has 0 unspecified atom stereocenters. The summed E-state index contributed by atoms with van der Waals surface area (Å²) in [4.78, 5) is 19.5. The van der Waals surface area contributed by atoms with Crippen LogP contribution in [-0.2, 0) is 6.18 Å². The van der Waals surface area contributed by atoms with Gasteiger partial charge in [0.1, 0.15) is 0 Å². The Bertz CT molecular complexity index is 927. The monoisotopic (exact) mass is 437 g/mol. The van der Waals surface area contributed by atoms with Gasteiger partial charge in [0.25, 0.3) is 5.91 Å². The highest BCUT2D eigenvalue weighted by molar-refractivity contribution is 6.34. The Hall–Kier alpha value is -2.12. The van der Waals surface area contributed by atoms with E-state index < -0.39 is 22.7 Å². The molecule has 1 aromatic carbocycles. The third-order valence-electron chi connectivity index (χ3n) is 6.66. The van der Waals surface area contributed by atoms with Gasteiger partial charge < -0.3 is 5.32 Å². The molecule has 160 valence electrons. The molecule has 4 nitrogen and oxygen atoms in total. The summed E-state index contributed by atoms with van der Waals surface area (Å²) in [5.41, 5.74) is -0.589. The summed E-state index contributed by atoms with van der Waals surface area (Å²) in [6.45, 7) is 0.946. The standard InChI is InChI=1S/C22H23ClF3N3O/c1-29-13-14-5-9-21(29,10-6-14)19(15-7-11-27-12-8-15)28-20(30)16-3-2-4-17(18(16)23)22(24,25)26/h2-4,7-8,11-12,14,19H,5-6,9-10,13H2,1H3,(H,28,30)/t14?,19-,21?/m1/s1. The number of piperidine rings is 2. The van der Waals surface area contributed by atoms with Crippen LogP contribution in [0.4, 0.5) is 13.2 Å². The normalized spacial score (nSPS) is 25.2. The first-order chi connectivity index (χ1) is 14.2. The number of alkyl halides is 3. The van der Waals surface area contributed by atoms with E-state index in [1.54, 1.807) is 12.4 Å². The molecule has 0 spiro atoms. The number of fused-ring (bicyclic) bond motifs is 3. The first-order valence-electron chi connectivity index (χ1n) is 10.00. The van der Waals surface area contributed by atoms with Crippen molar-refractivity contribution in [2.45, 2.75) is 43.4 Å². The van der Waals surface area contributed by atoms with E-state index >= 15 is 0 Å². The van der Waals surface area contributed by atoms with E-state index in [1.165, 1.54) is 12.1 Å². The number of carbonyl (C=O) groups excluding carboxylic acids is 1. The Morgan fingerprint density at radius 2 is 1.90 bits per heavy atom. The fourth-order valence-electron chi connectivity index (χ4n) is 5.04. The first-order valence-corrected chi connectivity index (χ1v) is 10.4. The van der Waals surface area contributed by atoms with Crippen LogP contribution >= 0.6 is 11.6 Å². The number of nitrogens with one attached hydrogen (secondary N) is 1. The quantitative estimate of drug-likeness (QED) is 0.723. The van der Waals surface area contributed by atoms with Crippen molar-refractivity contribution in [3.8, 4) is 0 Å². The zero-order valence-corrected chi connectivity index (χ0v) is 17.3. The number of hydrogen-bond acceptors (Lipinski definition) is 3. The maximum Gasteiger partial charge on any atom is 0.417 e. The van der Waals surface area contributed by atoms with Crippen LogP contribution in [0.3, 0.4) is 0 Å². The van der Waals surface area contributed by atoms with Gasteiger partial charge in [-0.3, -0.25) is 14.7 Å². The predicted molar refractivity (Wildman–Crippen MR) is 108 cm³/mol. The number of benzene rings is 1. The van der Waals surface area contributed by atoms with Gasteiger partial charge in [0.2, 0.25) is 0 Å². The van der Waals surface area contributed by atoms with Gasteiger partial charge in [-0.05, 0) is 68.5 Å². The van der Waals surface area contributed by atoms with E-state index in [0.717, 1.165) is 43.9 Å². The lowest BCUT2D eigenvalue weighted by Gasteiger charge is -2.57. The topological polar surface area (TPSA) is 45.2 Å². The predicted octanol–water partition coefficient (Wildman–Crippen LogP) is 5.10. The third kappa shape index (κ3) is 3.69. The molecule has 1 atom stereocenters. The van der Waals surface area contributed by atoms with Crippen LogP contribution in [0.25, 0.3) is 0 Å². The fraction of sp³-hybridized carbons (Fsp3) is 0.455. The summed E-state index contributed by atoms with van der Waals surface area (Å²) in [5, 5.41) is 2.45. The number of hydrogen-bond donors (Lipinski definition) is 1. The van der Waals surface area contributed by atoms with Crippen LogP contribution in [0.15, 0.2) is 42.7 Å². The average molecular weight is 438 g/mol. The fourth-order valence-corrected chi connectivity index (χ4v) is 5.36. The molecule has 1 aliphatic carbocycles. The highest BCUT2D eigenvalue weighted by atomic mass is 35.5. The summed E-state index contributed by atoms with van der Waals surface area (Å²) in [6.07, 6.45) is 2.68. The lowest BCUT2D eigenvalue weighted by Crippen LogP contribution is -2.62. The third-order valence-corrected chi connectivity index (χ3v) is 7.07. The van der Waals surface area contributed by atoms with E-state index in [4.69, 9.17) is 11.6 Å². The molecule has 3 aliphatic rings. The molecule has 1 aromatic heterocycles. The van der Waals surface area contributed by atoms with Crippen molar-refractivity contribution in [2.24, 2.45) is 5.92 Å². The second kappa shape index (κ2) is 7.85. The number of amides is 1. The Kier molecular flexibility index (Phi) is 5.53. The van der Waals surface area contributed by atoms with E-state index in [9.17, 15) is 18.0 Å². The van der Waals surface area contributed by atoms with Crippen LogP contribution in [0.5, 0.6) is 0 Å². The number of carbonyl (C=O) groups is 1. The van der Waals surface area contributed by atoms with Crippen LogP contribution in [-0.4, -0.2) is 34.9 Å². The Morgan fingerprint density at radius 1 is 1.23 bits per heavy atom. The number of halogens is 4. The molecule has 3 fully saturated rings. The van der Waals surface area contributed by atoms with Crippen molar-refractivity contribution in [3.05, 3.63) is 64.4 Å². The average Bonchev–Trinajstić information content (AvgIpc) is 2.72. The summed E-state index contributed by atoms with van der Waals surface area (Å²) in [6, 6.07) is 6.74. The SMILES string of the molecule is CN1CC2CCC1([C@H](NC(=O)c1cccc(C(F)(F)F)c1Cl)c1ccncc1)CC2. The van der Waals surface area contributed by atoms with Crippen LogP contribution in [0.2, 0.25) is 5.02 Å². The van der Waals surface area contributed by atoms with Crippen molar-refractivity contribution in [1.29, 1.82) is 0 Å². The Morgan fingerprint density at radius 3 is 2.50 bits per heavy atom. The van der Waals surface area contributed by atoms with E-state index in [0.29, 0.717) is 5.92 Å². The highest BCUT2D eigenvalue weighted by Crippen LogP contribution is 2.49. The minimum absolute atomic E-state index is 0.172. The first kappa shape index (κ1) is 21.1. The second-order valence-corrected chi connectivity index (χ2v) is 8.66. The van der Waals surface area contributed by atoms with Gasteiger partial charge in [-0.2, -0.15) is 13.2 Å². The molecule has 1 saturated carbocycles. The lowest BCUT2D eigenvalue weighted by atomic mass is 9.66. The zero-order valence-electron chi connectivity index (χ0n) is 16.5. The molecule has 2 bridgehead atoms. The lowest BCUT2D eigenvalue weighted by molar-refractivity contribution is -0.137. The molecular weight excluding hydrogens is 415 g/mol. The van der Waals surface area contributed by atoms with Gasteiger partial charge in [0.15, 0.2) is 0 Å². The minimum atomic E-state index is -4.63. The number of aromatic nitrogens is 1. The van der Waals surface area contributed by atoms with Crippen molar-refractivity contribution in [3.63, 3.8) is 0 Å². The van der Waals surface area contributed by atoms with Gasteiger partial charge in [0.05, 0.1) is 22.2 Å². The summed E-state index contributed by atoms with van der Waals surface area (Å²) < 4.78 is 39.8. The summed E-state index contributed by atoms with van der Waals surface area (Å²) >= 11 is 6.01. The molecule has 5 rings (SSSR count). The molecule has 2 saturated heterocycles. The van der Waals surface area contributed by atoms with E-state index in [2.05, 4.69) is 22.2 Å². The van der Waals surface area contributed by atoms with Gasteiger partial charge >= 0.3 is 6.18 Å². The van der Waals surface area contributed by atoms with E-state index in [1.807, 2.05) is 12.1 Å². The molecule has 2 aromatic rings. The van der Waals surface area contributed by atoms with Crippen molar-refractivity contribution in [1.82, 2.24) is 15.2 Å². The van der Waals surface area contributed by atoms with Crippen LogP contribution < -0.4 is 5.32 Å². The number of rotatable bonds is 4. The maximum absolute atomic E-state index is 13.3. The molecular formula is C22H23ClF3N3O. The second-order valence-electron chi connectivity index (χ2n) is 8.28. The maximum atomic E-state index is 13.3. The Balaban J connectivity index is 1.71. The molecule has 30 heavy (non-hydrogen) atoms. The van der Waals surface area contributed by atoms with Crippen molar-refractivity contribution in [2.75, 3.05) is 13.6 Å². The van der Waals surface area contributed by atoms with Gasteiger partial charge in [0, 0.05) is 24.5 Å². The van der Waals surface area contributed by atoms with Crippen LogP contribution in [0.1, 0.15) is 53.2 Å². The van der Waals surface area contributed by atoms with Gasteiger partial charge in [-0.15, -0.1) is 0 Å². The van der Waals surface area contributed by atoms with Crippen molar-refractivity contribution >= 4 is 17.5 Å². The minimum Gasteiger partial charge on any atom is -0.343 e. The smallest absolute Gasteiger partial charge is 0.343 e. The number of pyridine rings is 1. The largest absolute Gasteiger partial charge is 0.417 e. The molecule has 1 N–H and O–H groups in total. The van der Waals surface area contributed by atoms with Gasteiger partial charge in [-0.1, -0.05) is 17.7 Å². The number of likely N-dealkylation sites (N-methyl/N-ethyl adjacent to an activating group) is 1. The molecule has 1 amide bonds. The molecule has 0 radical (unpaired) electrons. The van der Waals surface area contributed by atoms with Crippen LogP contribution in [0, 0.1) is 5.92 Å². The van der Waals surface area contributed by atoms with Gasteiger partial charge in [-0.25, -0.2) is 0 Å². The highest BCUT2D eigenvalue weighted by Gasteiger charge is 2.50. The van der Waals surface area contributed by atoms with E-state index in [-0.39, 0.29) is 17.1 Å². The summed E-state index contributed by atoms with van der Waals surface area (Å²) in [7, 11) is 2.06. The zero-order chi connectivity index (χ0) is 21.5. The Labute approximate surface area is 178 Å². The molecule has 8 heteroatoms. The summed E-state index contributed by atoms with van der Waals surface area (Å²) in [5.74, 6) is 0.0481. The molecule has 3 heterocycles. The number of nitrogens with zero attached hydrogens (tertiary/aromatic N) is 2. The van der Waals surface area contributed by atoms with Crippen molar-refractivity contribution < 1.29 is 18.0 Å². The molecule has 2 aliphatic heterocycles.